The van der Waals surface area contributed by atoms with Crippen LogP contribution < -0.4 is 10.1 Å². The fourth-order valence-electron chi connectivity index (χ4n) is 2.18. The van der Waals surface area contributed by atoms with E-state index >= 15 is 0 Å². The molecule has 1 rings (SSSR count). The maximum absolute atomic E-state index is 9.63. The highest BCUT2D eigenvalue weighted by Crippen LogP contribution is 2.32. The minimum absolute atomic E-state index is 0.0372. The molecule has 0 aliphatic carbocycles. The van der Waals surface area contributed by atoms with E-state index in [0.717, 1.165) is 18.7 Å². The average molecular weight is 293 g/mol. The van der Waals surface area contributed by atoms with Crippen LogP contribution in [0.1, 0.15) is 52.2 Å². The number of aliphatic hydroxyl groups excluding tert-OH is 1. The molecule has 1 unspecified atom stereocenters. The molecule has 3 heteroatoms. The van der Waals surface area contributed by atoms with Crippen molar-refractivity contribution < 1.29 is 9.84 Å². The first kappa shape index (κ1) is 18.0. The van der Waals surface area contributed by atoms with Gasteiger partial charge in [-0.1, -0.05) is 39.8 Å². The SMILES string of the molecule is CCCNC(C)(CO)COc1cc(C)ccc1C(C)(C)C. The van der Waals surface area contributed by atoms with E-state index < -0.39 is 5.54 Å². The average Bonchev–Trinajstić information content (AvgIpc) is 2.41. The zero-order valence-electron chi connectivity index (χ0n) is 14.4. The summed E-state index contributed by atoms with van der Waals surface area (Å²) in [6, 6.07) is 6.34. The summed E-state index contributed by atoms with van der Waals surface area (Å²) in [6.45, 7) is 14.1. The Morgan fingerprint density at radius 1 is 1.19 bits per heavy atom. The van der Waals surface area contributed by atoms with Crippen LogP contribution in [-0.4, -0.2) is 30.4 Å². The van der Waals surface area contributed by atoms with Crippen LogP contribution in [0.15, 0.2) is 18.2 Å². The van der Waals surface area contributed by atoms with Crippen molar-refractivity contribution in [3.05, 3.63) is 29.3 Å². The van der Waals surface area contributed by atoms with E-state index in [0.29, 0.717) is 6.61 Å². The van der Waals surface area contributed by atoms with Crippen LogP contribution in [0.4, 0.5) is 0 Å². The van der Waals surface area contributed by atoms with Crippen LogP contribution in [0.2, 0.25) is 0 Å². The van der Waals surface area contributed by atoms with Gasteiger partial charge in [-0.15, -0.1) is 0 Å². The molecule has 0 amide bonds. The van der Waals surface area contributed by atoms with Gasteiger partial charge in [0.1, 0.15) is 12.4 Å². The molecule has 0 spiro atoms. The number of aryl methyl sites for hydroxylation is 1. The third-order valence-electron chi connectivity index (χ3n) is 3.64. The van der Waals surface area contributed by atoms with Gasteiger partial charge in [0.05, 0.1) is 12.1 Å². The van der Waals surface area contributed by atoms with E-state index in [2.05, 4.69) is 58.1 Å². The third kappa shape index (κ3) is 5.33. The van der Waals surface area contributed by atoms with Crippen molar-refractivity contribution in [2.45, 2.75) is 58.9 Å². The Morgan fingerprint density at radius 2 is 1.86 bits per heavy atom. The predicted octanol–water partition coefficient (Wildman–Crippen LogP) is 3.42. The van der Waals surface area contributed by atoms with E-state index in [-0.39, 0.29) is 12.0 Å². The largest absolute Gasteiger partial charge is 0.491 e. The zero-order chi connectivity index (χ0) is 16.1. The van der Waals surface area contributed by atoms with Crippen LogP contribution >= 0.6 is 0 Å². The molecule has 0 saturated heterocycles. The van der Waals surface area contributed by atoms with E-state index in [1.165, 1.54) is 11.1 Å². The minimum Gasteiger partial charge on any atom is -0.491 e. The standard InChI is InChI=1S/C18H31NO2/c1-7-10-19-18(6,12-20)13-21-16-11-14(2)8-9-15(16)17(3,4)5/h8-9,11,19-20H,7,10,12-13H2,1-6H3. The molecule has 2 N–H and O–H groups in total. The molecule has 1 atom stereocenters. The van der Waals surface area contributed by atoms with Crippen LogP contribution in [0.25, 0.3) is 0 Å². The normalized spacial score (nSPS) is 14.8. The summed E-state index contributed by atoms with van der Waals surface area (Å²) in [4.78, 5) is 0. The second-order valence-corrected chi connectivity index (χ2v) is 7.18. The molecule has 0 heterocycles. The highest BCUT2D eigenvalue weighted by Gasteiger charge is 2.25. The van der Waals surface area contributed by atoms with Gasteiger partial charge in [-0.2, -0.15) is 0 Å². The Balaban J connectivity index is 2.89. The van der Waals surface area contributed by atoms with Gasteiger partial charge in [-0.3, -0.25) is 0 Å². The van der Waals surface area contributed by atoms with Gasteiger partial charge < -0.3 is 15.2 Å². The summed E-state index contributed by atoms with van der Waals surface area (Å²) in [5.74, 6) is 0.917. The Bertz CT molecular complexity index is 451. The predicted molar refractivity (Wildman–Crippen MR) is 89.2 cm³/mol. The summed E-state index contributed by atoms with van der Waals surface area (Å²) in [5, 5.41) is 13.0. The first-order valence-corrected chi connectivity index (χ1v) is 7.81. The van der Waals surface area contributed by atoms with Crippen LogP contribution in [0, 0.1) is 6.92 Å². The van der Waals surface area contributed by atoms with Gasteiger partial charge in [0.2, 0.25) is 0 Å². The zero-order valence-corrected chi connectivity index (χ0v) is 14.4. The molecule has 1 aromatic rings. The number of benzene rings is 1. The number of hydrogen-bond acceptors (Lipinski definition) is 3. The fourth-order valence-corrected chi connectivity index (χ4v) is 2.18. The second kappa shape index (κ2) is 7.28. The number of nitrogens with one attached hydrogen (secondary N) is 1. The number of aliphatic hydroxyl groups is 1. The maximum atomic E-state index is 9.63. The quantitative estimate of drug-likeness (QED) is 0.809. The van der Waals surface area contributed by atoms with Crippen LogP contribution in [0.5, 0.6) is 5.75 Å². The second-order valence-electron chi connectivity index (χ2n) is 7.18. The number of ether oxygens (including phenoxy) is 1. The first-order chi connectivity index (χ1) is 9.72. The Kier molecular flexibility index (Phi) is 6.24. The monoisotopic (exact) mass is 293 g/mol. The van der Waals surface area contributed by atoms with Crippen molar-refractivity contribution in [1.29, 1.82) is 0 Å². The minimum atomic E-state index is -0.408. The lowest BCUT2D eigenvalue weighted by Gasteiger charge is -2.30. The highest BCUT2D eigenvalue weighted by molar-refractivity contribution is 5.41. The molecule has 1 aromatic carbocycles. The van der Waals surface area contributed by atoms with Crippen molar-refractivity contribution in [3.8, 4) is 5.75 Å². The van der Waals surface area contributed by atoms with E-state index in [1.54, 1.807) is 0 Å². The topological polar surface area (TPSA) is 41.5 Å². The van der Waals surface area contributed by atoms with Crippen LogP contribution in [-0.2, 0) is 5.41 Å². The van der Waals surface area contributed by atoms with Gasteiger partial charge in [0.25, 0.3) is 0 Å². The smallest absolute Gasteiger partial charge is 0.123 e. The molecule has 0 aromatic heterocycles. The Hall–Kier alpha value is -1.06. The number of rotatable bonds is 7. The number of hydrogen-bond donors (Lipinski definition) is 2. The molecule has 120 valence electrons. The molecule has 0 saturated carbocycles. The lowest BCUT2D eigenvalue weighted by atomic mass is 9.86. The fraction of sp³-hybridized carbons (Fsp3) is 0.667. The van der Waals surface area contributed by atoms with Gasteiger partial charge in [0.15, 0.2) is 0 Å². The molecule has 21 heavy (non-hydrogen) atoms. The van der Waals surface area contributed by atoms with E-state index in [4.69, 9.17) is 4.74 Å². The van der Waals surface area contributed by atoms with E-state index in [1.807, 2.05) is 6.92 Å². The Morgan fingerprint density at radius 3 is 2.38 bits per heavy atom. The Labute approximate surface area is 129 Å². The molecule has 0 aliphatic rings. The van der Waals surface area contributed by atoms with Gasteiger partial charge in [0, 0.05) is 0 Å². The molecule has 0 radical (unpaired) electrons. The lowest BCUT2D eigenvalue weighted by molar-refractivity contribution is 0.115. The lowest BCUT2D eigenvalue weighted by Crippen LogP contribution is -2.50. The van der Waals surface area contributed by atoms with Crippen molar-refractivity contribution in [2.24, 2.45) is 0 Å². The third-order valence-corrected chi connectivity index (χ3v) is 3.64. The summed E-state index contributed by atoms with van der Waals surface area (Å²) >= 11 is 0. The first-order valence-electron chi connectivity index (χ1n) is 7.81. The van der Waals surface area contributed by atoms with Crippen molar-refractivity contribution in [1.82, 2.24) is 5.32 Å². The molecular formula is C18H31NO2. The summed E-state index contributed by atoms with van der Waals surface area (Å²) < 4.78 is 6.08. The van der Waals surface area contributed by atoms with E-state index in [9.17, 15) is 5.11 Å². The van der Waals surface area contributed by atoms with Crippen LogP contribution in [0.3, 0.4) is 0 Å². The summed E-state index contributed by atoms with van der Waals surface area (Å²) in [6.07, 6.45) is 1.03. The molecule has 0 fully saturated rings. The van der Waals surface area contributed by atoms with Gasteiger partial charge in [-0.05, 0) is 49.4 Å². The highest BCUT2D eigenvalue weighted by atomic mass is 16.5. The summed E-state index contributed by atoms with van der Waals surface area (Å²) in [5.41, 5.74) is 2.01. The van der Waals surface area contributed by atoms with Crippen molar-refractivity contribution in [3.63, 3.8) is 0 Å². The van der Waals surface area contributed by atoms with Gasteiger partial charge in [-0.25, -0.2) is 0 Å². The van der Waals surface area contributed by atoms with Crippen molar-refractivity contribution >= 4 is 0 Å². The molecule has 0 bridgehead atoms. The van der Waals surface area contributed by atoms with Gasteiger partial charge >= 0.3 is 0 Å². The molecule has 3 nitrogen and oxygen atoms in total. The molecular weight excluding hydrogens is 262 g/mol. The summed E-state index contributed by atoms with van der Waals surface area (Å²) in [7, 11) is 0. The van der Waals surface area contributed by atoms with Crippen molar-refractivity contribution in [2.75, 3.05) is 19.8 Å². The molecule has 0 aliphatic heterocycles. The maximum Gasteiger partial charge on any atom is 0.123 e.